The van der Waals surface area contributed by atoms with Gasteiger partial charge in [0, 0.05) is 25.2 Å². The van der Waals surface area contributed by atoms with Crippen LogP contribution < -0.4 is 5.32 Å². The van der Waals surface area contributed by atoms with Gasteiger partial charge in [0.1, 0.15) is 0 Å². The summed E-state index contributed by atoms with van der Waals surface area (Å²) >= 11 is 0. The summed E-state index contributed by atoms with van der Waals surface area (Å²) in [6.45, 7) is 10.1. The van der Waals surface area contributed by atoms with E-state index in [0.29, 0.717) is 12.1 Å². The number of hydrogen-bond donors (Lipinski definition) is 1. The van der Waals surface area contributed by atoms with Crippen LogP contribution in [0, 0.1) is 0 Å². The molecular formula is C15H24N2. The molecule has 1 aliphatic rings. The summed E-state index contributed by atoms with van der Waals surface area (Å²) in [7, 11) is 0. The summed E-state index contributed by atoms with van der Waals surface area (Å²) in [5.41, 5.74) is 2.99. The SMILES string of the molecule is CCC(C)N(CC)C1CNCc2ccccc21. The van der Waals surface area contributed by atoms with Crippen LogP contribution in [-0.2, 0) is 6.54 Å². The molecule has 1 aromatic rings. The molecule has 0 saturated carbocycles. The zero-order chi connectivity index (χ0) is 12.3. The van der Waals surface area contributed by atoms with E-state index in [1.54, 1.807) is 0 Å². The Bertz CT molecular complexity index is 362. The van der Waals surface area contributed by atoms with Crippen molar-refractivity contribution < 1.29 is 0 Å². The predicted octanol–water partition coefficient (Wildman–Crippen LogP) is 2.95. The number of nitrogens with zero attached hydrogens (tertiary/aromatic N) is 1. The molecule has 1 N–H and O–H groups in total. The van der Waals surface area contributed by atoms with Crippen LogP contribution >= 0.6 is 0 Å². The van der Waals surface area contributed by atoms with Crippen molar-refractivity contribution >= 4 is 0 Å². The lowest BCUT2D eigenvalue weighted by Crippen LogP contribution is -2.43. The van der Waals surface area contributed by atoms with Gasteiger partial charge in [0.05, 0.1) is 0 Å². The van der Waals surface area contributed by atoms with Gasteiger partial charge in [-0.25, -0.2) is 0 Å². The van der Waals surface area contributed by atoms with E-state index in [1.807, 2.05) is 0 Å². The maximum Gasteiger partial charge on any atom is 0.0478 e. The zero-order valence-corrected chi connectivity index (χ0v) is 11.2. The molecule has 2 heteroatoms. The third-order valence-electron chi connectivity index (χ3n) is 3.99. The average molecular weight is 232 g/mol. The second-order valence-electron chi connectivity index (χ2n) is 4.93. The highest BCUT2D eigenvalue weighted by Gasteiger charge is 2.26. The molecule has 0 bridgehead atoms. The Labute approximate surface area is 105 Å². The molecule has 2 rings (SSSR count). The van der Waals surface area contributed by atoms with E-state index < -0.39 is 0 Å². The summed E-state index contributed by atoms with van der Waals surface area (Å²) in [5, 5.41) is 3.54. The van der Waals surface area contributed by atoms with Crippen LogP contribution in [0.2, 0.25) is 0 Å². The molecule has 0 aliphatic carbocycles. The van der Waals surface area contributed by atoms with Gasteiger partial charge in [0.15, 0.2) is 0 Å². The Morgan fingerprint density at radius 1 is 1.35 bits per heavy atom. The van der Waals surface area contributed by atoms with Gasteiger partial charge in [-0.05, 0) is 31.0 Å². The minimum absolute atomic E-state index is 0.542. The number of hydrogen-bond acceptors (Lipinski definition) is 2. The molecule has 1 aliphatic heterocycles. The number of likely N-dealkylation sites (N-methyl/N-ethyl adjacent to an activating group) is 1. The normalized spacial score (nSPS) is 21.3. The first-order chi connectivity index (χ1) is 8.27. The quantitative estimate of drug-likeness (QED) is 0.858. The van der Waals surface area contributed by atoms with Crippen LogP contribution in [0.3, 0.4) is 0 Å². The van der Waals surface area contributed by atoms with E-state index in [0.717, 1.165) is 19.6 Å². The number of rotatable bonds is 4. The lowest BCUT2D eigenvalue weighted by molar-refractivity contribution is 0.139. The van der Waals surface area contributed by atoms with Crippen molar-refractivity contribution in [1.82, 2.24) is 10.2 Å². The van der Waals surface area contributed by atoms with Crippen LogP contribution in [0.15, 0.2) is 24.3 Å². The lowest BCUT2D eigenvalue weighted by Gasteiger charge is -2.39. The minimum Gasteiger partial charge on any atom is -0.311 e. The van der Waals surface area contributed by atoms with Crippen molar-refractivity contribution in [3.05, 3.63) is 35.4 Å². The Morgan fingerprint density at radius 2 is 2.12 bits per heavy atom. The van der Waals surface area contributed by atoms with Crippen LogP contribution in [0.4, 0.5) is 0 Å². The maximum absolute atomic E-state index is 3.54. The van der Waals surface area contributed by atoms with Crippen molar-refractivity contribution in [2.75, 3.05) is 13.1 Å². The Hall–Kier alpha value is -0.860. The topological polar surface area (TPSA) is 15.3 Å². The highest BCUT2D eigenvalue weighted by atomic mass is 15.2. The average Bonchev–Trinajstić information content (AvgIpc) is 2.39. The van der Waals surface area contributed by atoms with Gasteiger partial charge >= 0.3 is 0 Å². The molecule has 2 nitrogen and oxygen atoms in total. The highest BCUT2D eigenvalue weighted by molar-refractivity contribution is 5.32. The second-order valence-corrected chi connectivity index (χ2v) is 4.93. The van der Waals surface area contributed by atoms with E-state index in [2.05, 4.69) is 55.3 Å². The van der Waals surface area contributed by atoms with Gasteiger partial charge in [-0.2, -0.15) is 0 Å². The van der Waals surface area contributed by atoms with Crippen molar-refractivity contribution in [3.63, 3.8) is 0 Å². The molecule has 1 aromatic carbocycles. The largest absolute Gasteiger partial charge is 0.311 e. The van der Waals surface area contributed by atoms with Crippen molar-refractivity contribution in [1.29, 1.82) is 0 Å². The lowest BCUT2D eigenvalue weighted by atomic mass is 9.94. The third-order valence-corrected chi connectivity index (χ3v) is 3.99. The van der Waals surface area contributed by atoms with Gasteiger partial charge in [-0.15, -0.1) is 0 Å². The van der Waals surface area contributed by atoms with Gasteiger partial charge in [0.2, 0.25) is 0 Å². The van der Waals surface area contributed by atoms with Crippen LogP contribution in [0.25, 0.3) is 0 Å². The first-order valence-electron chi connectivity index (χ1n) is 6.82. The molecule has 0 aromatic heterocycles. The predicted molar refractivity (Wildman–Crippen MR) is 73.0 cm³/mol. The molecular weight excluding hydrogens is 208 g/mol. The Balaban J connectivity index is 2.27. The Kier molecular flexibility index (Phi) is 4.19. The molecule has 2 atom stereocenters. The third kappa shape index (κ3) is 2.53. The highest BCUT2D eigenvalue weighted by Crippen LogP contribution is 2.28. The fourth-order valence-corrected chi connectivity index (χ4v) is 2.84. The monoisotopic (exact) mass is 232 g/mol. The fraction of sp³-hybridized carbons (Fsp3) is 0.600. The standard InChI is InChI=1S/C15H24N2/c1-4-12(3)17(5-2)15-11-16-10-13-8-6-7-9-14(13)15/h6-9,12,15-16H,4-5,10-11H2,1-3H3. The second kappa shape index (κ2) is 5.65. The molecule has 1 heterocycles. The van der Waals surface area contributed by atoms with Crippen molar-refractivity contribution in [2.24, 2.45) is 0 Å². The molecule has 94 valence electrons. The summed E-state index contributed by atoms with van der Waals surface area (Å²) in [6, 6.07) is 10.0. The van der Waals surface area contributed by atoms with Gasteiger partial charge in [-0.1, -0.05) is 38.1 Å². The summed E-state index contributed by atoms with van der Waals surface area (Å²) in [5.74, 6) is 0. The van der Waals surface area contributed by atoms with E-state index >= 15 is 0 Å². The number of benzene rings is 1. The van der Waals surface area contributed by atoms with Gasteiger partial charge in [-0.3, -0.25) is 4.90 Å². The molecule has 0 amide bonds. The molecule has 0 radical (unpaired) electrons. The summed E-state index contributed by atoms with van der Waals surface area (Å²) in [6.07, 6.45) is 1.21. The van der Waals surface area contributed by atoms with Gasteiger partial charge < -0.3 is 5.32 Å². The molecule has 0 spiro atoms. The molecule has 0 fully saturated rings. The van der Waals surface area contributed by atoms with Crippen molar-refractivity contribution in [2.45, 2.75) is 45.8 Å². The molecule has 2 unspecified atom stereocenters. The van der Waals surface area contributed by atoms with Crippen LogP contribution in [0.1, 0.15) is 44.4 Å². The first kappa shape index (κ1) is 12.6. The Morgan fingerprint density at radius 3 is 2.82 bits per heavy atom. The minimum atomic E-state index is 0.542. The van der Waals surface area contributed by atoms with E-state index in [4.69, 9.17) is 0 Å². The molecule has 0 saturated heterocycles. The van der Waals surface area contributed by atoms with E-state index in [9.17, 15) is 0 Å². The van der Waals surface area contributed by atoms with Crippen LogP contribution in [-0.4, -0.2) is 24.0 Å². The van der Waals surface area contributed by atoms with Crippen molar-refractivity contribution in [3.8, 4) is 0 Å². The maximum atomic E-state index is 3.54. The summed E-state index contributed by atoms with van der Waals surface area (Å²) in [4.78, 5) is 2.62. The number of fused-ring (bicyclic) bond motifs is 1. The number of nitrogens with one attached hydrogen (secondary N) is 1. The smallest absolute Gasteiger partial charge is 0.0478 e. The van der Waals surface area contributed by atoms with Gasteiger partial charge in [0.25, 0.3) is 0 Å². The van der Waals surface area contributed by atoms with Crippen LogP contribution in [0.5, 0.6) is 0 Å². The fourth-order valence-electron chi connectivity index (χ4n) is 2.84. The summed E-state index contributed by atoms with van der Waals surface area (Å²) < 4.78 is 0. The zero-order valence-electron chi connectivity index (χ0n) is 11.2. The van der Waals surface area contributed by atoms with E-state index in [-0.39, 0.29) is 0 Å². The molecule has 17 heavy (non-hydrogen) atoms. The first-order valence-corrected chi connectivity index (χ1v) is 6.82. The van der Waals surface area contributed by atoms with E-state index in [1.165, 1.54) is 17.5 Å².